The van der Waals surface area contributed by atoms with Crippen molar-refractivity contribution in [2.75, 3.05) is 7.05 Å². The molecule has 0 radical (unpaired) electrons. The van der Waals surface area contributed by atoms with Gasteiger partial charge in [-0.25, -0.2) is 0 Å². The molecule has 3 heteroatoms. The van der Waals surface area contributed by atoms with Crippen molar-refractivity contribution >= 4 is 5.78 Å². The Hall–Kier alpha value is -0.670. The molecule has 3 unspecified atom stereocenters. The van der Waals surface area contributed by atoms with E-state index in [-0.39, 0.29) is 24.0 Å². The van der Waals surface area contributed by atoms with Crippen molar-refractivity contribution in [2.24, 2.45) is 0 Å². The molecule has 0 aromatic heterocycles. The van der Waals surface area contributed by atoms with Gasteiger partial charge in [0, 0.05) is 6.04 Å². The maximum Gasteiger partial charge on any atom is 0.148 e. The second kappa shape index (κ2) is 2.16. The smallest absolute Gasteiger partial charge is 0.148 e. The van der Waals surface area contributed by atoms with Gasteiger partial charge in [0.1, 0.15) is 5.78 Å². The summed E-state index contributed by atoms with van der Waals surface area (Å²) in [7, 11) is 1.98. The van der Waals surface area contributed by atoms with Crippen LogP contribution >= 0.6 is 0 Å². The zero-order valence-corrected chi connectivity index (χ0v) is 6.74. The van der Waals surface area contributed by atoms with Gasteiger partial charge in [-0.3, -0.25) is 15.0 Å². The second-order valence-electron chi connectivity index (χ2n) is 3.24. The molecule has 3 nitrogen and oxygen atoms in total. The van der Waals surface area contributed by atoms with Crippen LogP contribution in [-0.4, -0.2) is 36.0 Å². The summed E-state index contributed by atoms with van der Waals surface area (Å²) in [6, 6.07) is 0.312. The number of carbonyl (C=O) groups is 1. The quantitative estimate of drug-likeness (QED) is 0.525. The number of rotatable bonds is 1. The summed E-state index contributed by atoms with van der Waals surface area (Å²) in [6.45, 7) is 1.65. The van der Waals surface area contributed by atoms with Gasteiger partial charge in [0.25, 0.3) is 0 Å². The van der Waals surface area contributed by atoms with E-state index in [1.165, 1.54) is 0 Å². The van der Waals surface area contributed by atoms with E-state index in [1.54, 1.807) is 6.92 Å². The Morgan fingerprint density at radius 1 is 1.55 bits per heavy atom. The Balaban J connectivity index is 2.25. The minimum absolute atomic E-state index is 0.0602. The average molecular weight is 152 g/mol. The summed E-state index contributed by atoms with van der Waals surface area (Å²) < 4.78 is 0. The van der Waals surface area contributed by atoms with Crippen LogP contribution < -0.4 is 5.32 Å². The third kappa shape index (κ3) is 0.847. The Kier molecular flexibility index (Phi) is 1.37. The molecule has 2 aliphatic heterocycles. The highest BCUT2D eigenvalue weighted by Crippen LogP contribution is 2.23. The minimum Gasteiger partial charge on any atom is -0.298 e. The maximum absolute atomic E-state index is 11.1. The minimum atomic E-state index is 0.0602. The molecule has 0 spiro atoms. The summed E-state index contributed by atoms with van der Waals surface area (Å²) in [5.41, 5.74) is 0. The molecule has 2 heterocycles. The van der Waals surface area contributed by atoms with Gasteiger partial charge in [0.05, 0.1) is 12.2 Å². The van der Waals surface area contributed by atoms with Crippen LogP contribution in [0.1, 0.15) is 6.92 Å². The SMILES string of the molecule is CC(=O)C1C2C=CC(N2)N1C. The van der Waals surface area contributed by atoms with Gasteiger partial charge in [-0.15, -0.1) is 0 Å². The van der Waals surface area contributed by atoms with E-state index >= 15 is 0 Å². The predicted molar refractivity (Wildman–Crippen MR) is 42.1 cm³/mol. The maximum atomic E-state index is 11.1. The number of ketones is 1. The average Bonchev–Trinajstić information content (AvgIpc) is 2.44. The lowest BCUT2D eigenvalue weighted by Crippen LogP contribution is -2.41. The van der Waals surface area contributed by atoms with Crippen LogP contribution in [0.25, 0.3) is 0 Å². The molecule has 0 aromatic rings. The van der Waals surface area contributed by atoms with Crippen LogP contribution in [0.3, 0.4) is 0 Å². The van der Waals surface area contributed by atoms with E-state index in [1.807, 2.05) is 7.05 Å². The first-order valence-corrected chi connectivity index (χ1v) is 3.87. The summed E-state index contributed by atoms with van der Waals surface area (Å²) >= 11 is 0. The molecule has 2 bridgehead atoms. The molecule has 1 N–H and O–H groups in total. The second-order valence-corrected chi connectivity index (χ2v) is 3.24. The fourth-order valence-corrected chi connectivity index (χ4v) is 1.95. The number of Topliss-reactive ketones (excluding diaryl/α,β-unsaturated/α-hetero) is 1. The third-order valence-electron chi connectivity index (χ3n) is 2.50. The highest BCUT2D eigenvalue weighted by Gasteiger charge is 2.41. The number of likely N-dealkylation sites (N-methyl/N-ethyl adjacent to an activating group) is 1. The topological polar surface area (TPSA) is 32.3 Å². The number of nitrogens with zero attached hydrogens (tertiary/aromatic N) is 1. The van der Waals surface area contributed by atoms with Gasteiger partial charge in [-0.1, -0.05) is 12.2 Å². The Labute approximate surface area is 66.1 Å². The number of carbonyl (C=O) groups excluding carboxylic acids is 1. The van der Waals surface area contributed by atoms with Crippen molar-refractivity contribution in [1.29, 1.82) is 0 Å². The molecule has 1 saturated heterocycles. The van der Waals surface area contributed by atoms with Crippen LogP contribution in [0.15, 0.2) is 12.2 Å². The number of nitrogens with one attached hydrogen (secondary N) is 1. The summed E-state index contributed by atoms with van der Waals surface area (Å²) in [6.07, 6.45) is 4.47. The Morgan fingerprint density at radius 3 is 2.64 bits per heavy atom. The summed E-state index contributed by atoms with van der Waals surface area (Å²) in [4.78, 5) is 13.2. The molecule has 1 fully saturated rings. The first-order valence-electron chi connectivity index (χ1n) is 3.87. The lowest BCUT2D eigenvalue weighted by atomic mass is 10.0. The van der Waals surface area contributed by atoms with Crippen molar-refractivity contribution in [3.05, 3.63) is 12.2 Å². The monoisotopic (exact) mass is 152 g/mol. The molecule has 2 rings (SSSR count). The molecule has 11 heavy (non-hydrogen) atoms. The normalized spacial score (nSPS) is 41.8. The van der Waals surface area contributed by atoms with E-state index in [0.717, 1.165) is 0 Å². The molecular formula is C8H12N2O. The number of hydrogen-bond acceptors (Lipinski definition) is 3. The van der Waals surface area contributed by atoms with E-state index in [4.69, 9.17) is 0 Å². The van der Waals surface area contributed by atoms with Crippen LogP contribution in [0.2, 0.25) is 0 Å². The predicted octanol–water partition coefficient (Wildman–Crippen LogP) is -0.257. The Morgan fingerprint density at radius 2 is 2.27 bits per heavy atom. The molecule has 60 valence electrons. The Bertz CT molecular complexity index is 224. The van der Waals surface area contributed by atoms with Crippen molar-refractivity contribution in [1.82, 2.24) is 10.2 Å². The summed E-state index contributed by atoms with van der Waals surface area (Å²) in [5, 5.41) is 3.30. The van der Waals surface area contributed by atoms with Crippen molar-refractivity contribution in [2.45, 2.75) is 25.2 Å². The molecule has 3 atom stereocenters. The highest BCUT2D eigenvalue weighted by molar-refractivity contribution is 5.83. The van der Waals surface area contributed by atoms with Crippen LogP contribution in [0, 0.1) is 0 Å². The van der Waals surface area contributed by atoms with E-state index < -0.39 is 0 Å². The van der Waals surface area contributed by atoms with Crippen molar-refractivity contribution in [3.63, 3.8) is 0 Å². The zero-order valence-electron chi connectivity index (χ0n) is 6.74. The van der Waals surface area contributed by atoms with Crippen LogP contribution in [0.4, 0.5) is 0 Å². The summed E-state index contributed by atoms with van der Waals surface area (Å²) in [5.74, 6) is 0.247. The van der Waals surface area contributed by atoms with Gasteiger partial charge in [0.2, 0.25) is 0 Å². The van der Waals surface area contributed by atoms with Crippen LogP contribution in [-0.2, 0) is 4.79 Å². The lowest BCUT2D eigenvalue weighted by molar-refractivity contribution is -0.121. The van der Waals surface area contributed by atoms with Crippen molar-refractivity contribution in [3.8, 4) is 0 Å². The van der Waals surface area contributed by atoms with Crippen molar-refractivity contribution < 1.29 is 4.79 Å². The molecule has 0 aliphatic carbocycles. The molecule has 0 saturated carbocycles. The first kappa shape index (κ1) is 7.00. The van der Waals surface area contributed by atoms with Gasteiger partial charge in [-0.2, -0.15) is 0 Å². The lowest BCUT2D eigenvalue weighted by Gasteiger charge is -2.24. The van der Waals surface area contributed by atoms with E-state index in [2.05, 4.69) is 22.4 Å². The zero-order chi connectivity index (χ0) is 8.01. The molecular weight excluding hydrogens is 140 g/mol. The first-order chi connectivity index (χ1) is 5.20. The number of fused-ring (bicyclic) bond motifs is 2. The fourth-order valence-electron chi connectivity index (χ4n) is 1.95. The van der Waals surface area contributed by atoms with Gasteiger partial charge in [-0.05, 0) is 14.0 Å². The van der Waals surface area contributed by atoms with Gasteiger partial charge >= 0.3 is 0 Å². The number of hydrogen-bond donors (Lipinski definition) is 1. The largest absolute Gasteiger partial charge is 0.298 e. The van der Waals surface area contributed by atoms with E-state index in [0.29, 0.717) is 0 Å². The van der Waals surface area contributed by atoms with Gasteiger partial charge < -0.3 is 0 Å². The third-order valence-corrected chi connectivity index (χ3v) is 2.50. The van der Waals surface area contributed by atoms with Crippen LogP contribution in [0.5, 0.6) is 0 Å². The van der Waals surface area contributed by atoms with E-state index in [9.17, 15) is 4.79 Å². The molecule has 0 aromatic carbocycles. The molecule has 0 amide bonds. The van der Waals surface area contributed by atoms with Gasteiger partial charge in [0.15, 0.2) is 0 Å². The fraction of sp³-hybridized carbons (Fsp3) is 0.625. The molecule has 2 aliphatic rings. The highest BCUT2D eigenvalue weighted by atomic mass is 16.1. The standard InChI is InChI=1S/C8H12N2O/c1-5(11)8-6-3-4-7(9-6)10(8)2/h3-4,6-9H,1-2H3.